The van der Waals surface area contributed by atoms with Crippen LogP contribution in [0.1, 0.15) is 20.8 Å². The molecule has 0 aliphatic rings. The molecule has 0 unspecified atom stereocenters. The highest BCUT2D eigenvalue weighted by Gasteiger charge is 2.23. The first-order valence-corrected chi connectivity index (χ1v) is 4.05. The maximum absolute atomic E-state index is 11.1. The van der Waals surface area contributed by atoms with Crippen LogP contribution in [0.4, 0.5) is 0 Å². The van der Waals surface area contributed by atoms with E-state index >= 15 is 0 Å². The highest BCUT2D eigenvalue weighted by Crippen LogP contribution is 2.02. The number of carbonyl (C=O) groups excluding carboxylic acids is 1. The van der Waals surface area contributed by atoms with Crippen LogP contribution >= 0.6 is 0 Å². The number of hydrogen-bond acceptors (Lipinski definition) is 2. The summed E-state index contributed by atoms with van der Waals surface area (Å²) in [6.45, 7) is 8.43. The van der Waals surface area contributed by atoms with E-state index in [0.717, 1.165) is 0 Å². The van der Waals surface area contributed by atoms with Crippen LogP contribution in [0.3, 0.4) is 0 Å². The van der Waals surface area contributed by atoms with Crippen LogP contribution < -0.4 is 5.32 Å². The second kappa shape index (κ2) is 4.64. The molecule has 0 bridgehead atoms. The Morgan fingerprint density at radius 3 is 2.08 bits per heavy atom. The third-order valence-corrected chi connectivity index (χ3v) is 1.61. The van der Waals surface area contributed by atoms with E-state index in [1.165, 1.54) is 6.92 Å². The summed E-state index contributed by atoms with van der Waals surface area (Å²) < 4.78 is 0. The second-order valence-electron chi connectivity index (χ2n) is 3.31. The van der Waals surface area contributed by atoms with E-state index in [4.69, 9.17) is 5.11 Å². The lowest BCUT2D eigenvalue weighted by Crippen LogP contribution is -2.44. The Bertz CT molecular complexity index is 233. The minimum Gasteiger partial charge on any atom is -0.480 e. The van der Waals surface area contributed by atoms with Gasteiger partial charge >= 0.3 is 5.97 Å². The molecule has 0 rings (SSSR count). The van der Waals surface area contributed by atoms with Gasteiger partial charge in [-0.3, -0.25) is 4.79 Å². The lowest BCUT2D eigenvalue weighted by atomic mass is 10.0. The highest BCUT2D eigenvalue weighted by atomic mass is 16.4. The molecule has 2 N–H and O–H groups in total. The van der Waals surface area contributed by atoms with Crippen molar-refractivity contribution in [2.75, 3.05) is 0 Å². The fourth-order valence-electron chi connectivity index (χ4n) is 0.778. The summed E-state index contributed by atoms with van der Waals surface area (Å²) in [5.74, 6) is -1.58. The standard InChI is InChI=1S/C9H15NO3/c1-5(2)7(9(12)13)10-8(11)6(3)4/h5,7H,3H2,1-2,4H3,(H,10,11)(H,12,13)/t7-/m0/s1. The van der Waals surface area contributed by atoms with Crippen molar-refractivity contribution in [2.24, 2.45) is 5.92 Å². The predicted octanol–water partition coefficient (Wildman–Crippen LogP) is 0.788. The average Bonchev–Trinajstić information content (AvgIpc) is 1.97. The number of carboxylic acids is 1. The Labute approximate surface area is 77.6 Å². The topological polar surface area (TPSA) is 66.4 Å². The van der Waals surface area contributed by atoms with Crippen molar-refractivity contribution in [3.05, 3.63) is 12.2 Å². The van der Waals surface area contributed by atoms with Gasteiger partial charge in [-0.1, -0.05) is 20.4 Å². The van der Waals surface area contributed by atoms with Gasteiger partial charge in [-0.15, -0.1) is 0 Å². The molecule has 4 nitrogen and oxygen atoms in total. The van der Waals surface area contributed by atoms with Crippen LogP contribution in [0, 0.1) is 5.92 Å². The zero-order valence-corrected chi connectivity index (χ0v) is 8.13. The van der Waals surface area contributed by atoms with Gasteiger partial charge in [0, 0.05) is 5.57 Å². The number of carbonyl (C=O) groups is 2. The molecule has 74 valence electrons. The molecule has 13 heavy (non-hydrogen) atoms. The summed E-state index contributed by atoms with van der Waals surface area (Å²) in [5.41, 5.74) is 0.312. The summed E-state index contributed by atoms with van der Waals surface area (Å²) in [4.78, 5) is 21.7. The molecule has 0 saturated heterocycles. The Morgan fingerprint density at radius 2 is 1.85 bits per heavy atom. The first kappa shape index (κ1) is 11.7. The SMILES string of the molecule is C=C(C)C(=O)N[C@H](C(=O)O)C(C)C. The Kier molecular flexibility index (Phi) is 4.17. The number of nitrogens with one attached hydrogen (secondary N) is 1. The number of hydrogen-bond donors (Lipinski definition) is 2. The Morgan fingerprint density at radius 1 is 1.38 bits per heavy atom. The third kappa shape index (κ3) is 3.73. The first-order chi connectivity index (χ1) is 5.86. The molecule has 0 saturated carbocycles. The van der Waals surface area contributed by atoms with Crippen molar-refractivity contribution in [3.8, 4) is 0 Å². The summed E-state index contributed by atoms with van der Waals surface area (Å²) in [6, 6.07) is -0.843. The smallest absolute Gasteiger partial charge is 0.326 e. The van der Waals surface area contributed by atoms with E-state index in [9.17, 15) is 9.59 Å². The predicted molar refractivity (Wildman–Crippen MR) is 49.2 cm³/mol. The molecular weight excluding hydrogens is 170 g/mol. The van der Waals surface area contributed by atoms with Gasteiger partial charge in [0.05, 0.1) is 0 Å². The van der Waals surface area contributed by atoms with Crippen LogP contribution in [-0.4, -0.2) is 23.0 Å². The second-order valence-corrected chi connectivity index (χ2v) is 3.31. The molecule has 0 aliphatic carbocycles. The first-order valence-electron chi connectivity index (χ1n) is 4.05. The molecule has 0 aromatic carbocycles. The molecule has 0 aliphatic heterocycles. The zero-order valence-electron chi connectivity index (χ0n) is 8.13. The van der Waals surface area contributed by atoms with Crippen LogP contribution in [0.25, 0.3) is 0 Å². The monoisotopic (exact) mass is 185 g/mol. The molecule has 0 aromatic heterocycles. The molecule has 4 heteroatoms. The molecule has 0 spiro atoms. The van der Waals surface area contributed by atoms with Gasteiger partial charge in [-0.25, -0.2) is 4.79 Å². The lowest BCUT2D eigenvalue weighted by molar-refractivity contribution is -0.142. The summed E-state index contributed by atoms with van der Waals surface area (Å²) in [5, 5.41) is 11.1. The van der Waals surface area contributed by atoms with E-state index in [2.05, 4.69) is 11.9 Å². The van der Waals surface area contributed by atoms with E-state index in [1.807, 2.05) is 0 Å². The molecular formula is C9H15NO3. The van der Waals surface area contributed by atoms with Gasteiger partial charge in [0.25, 0.3) is 0 Å². The van der Waals surface area contributed by atoms with Gasteiger partial charge < -0.3 is 10.4 Å². The van der Waals surface area contributed by atoms with E-state index in [1.54, 1.807) is 13.8 Å². The van der Waals surface area contributed by atoms with Gasteiger partial charge in [-0.2, -0.15) is 0 Å². The van der Waals surface area contributed by atoms with Gasteiger partial charge in [0.15, 0.2) is 0 Å². The van der Waals surface area contributed by atoms with Crippen molar-refractivity contribution in [2.45, 2.75) is 26.8 Å². The number of carboxylic acid groups (broad SMARTS) is 1. The number of aliphatic carboxylic acids is 1. The lowest BCUT2D eigenvalue weighted by Gasteiger charge is -2.17. The maximum Gasteiger partial charge on any atom is 0.326 e. The fourth-order valence-corrected chi connectivity index (χ4v) is 0.778. The van der Waals surface area contributed by atoms with Crippen molar-refractivity contribution in [1.29, 1.82) is 0 Å². The third-order valence-electron chi connectivity index (χ3n) is 1.61. The molecule has 0 fully saturated rings. The van der Waals surface area contributed by atoms with Crippen LogP contribution in [0.5, 0.6) is 0 Å². The van der Waals surface area contributed by atoms with Crippen LogP contribution in [-0.2, 0) is 9.59 Å². The van der Waals surface area contributed by atoms with Crippen molar-refractivity contribution in [3.63, 3.8) is 0 Å². The normalized spacial score (nSPS) is 12.3. The van der Waals surface area contributed by atoms with Gasteiger partial charge in [0.2, 0.25) is 5.91 Å². The molecule has 0 radical (unpaired) electrons. The van der Waals surface area contributed by atoms with Crippen molar-refractivity contribution >= 4 is 11.9 Å². The Balaban J connectivity index is 4.36. The maximum atomic E-state index is 11.1. The number of amides is 1. The van der Waals surface area contributed by atoms with Gasteiger partial charge in [0.1, 0.15) is 6.04 Å². The van der Waals surface area contributed by atoms with E-state index < -0.39 is 17.9 Å². The summed E-state index contributed by atoms with van der Waals surface area (Å²) in [7, 11) is 0. The molecule has 1 amide bonds. The Hall–Kier alpha value is -1.32. The quantitative estimate of drug-likeness (QED) is 0.636. The number of rotatable bonds is 4. The van der Waals surface area contributed by atoms with Crippen LogP contribution in [0.2, 0.25) is 0 Å². The van der Waals surface area contributed by atoms with E-state index in [0.29, 0.717) is 5.57 Å². The van der Waals surface area contributed by atoms with Crippen molar-refractivity contribution < 1.29 is 14.7 Å². The fraction of sp³-hybridized carbons (Fsp3) is 0.556. The van der Waals surface area contributed by atoms with Gasteiger partial charge in [-0.05, 0) is 12.8 Å². The minimum absolute atomic E-state index is 0.138. The largest absolute Gasteiger partial charge is 0.480 e. The average molecular weight is 185 g/mol. The molecule has 0 aromatic rings. The zero-order chi connectivity index (χ0) is 10.6. The van der Waals surface area contributed by atoms with E-state index in [-0.39, 0.29) is 5.92 Å². The molecule has 1 atom stereocenters. The molecule has 0 heterocycles. The van der Waals surface area contributed by atoms with Crippen molar-refractivity contribution in [1.82, 2.24) is 5.32 Å². The summed E-state index contributed by atoms with van der Waals surface area (Å²) >= 11 is 0. The minimum atomic E-state index is -1.02. The highest BCUT2D eigenvalue weighted by molar-refractivity contribution is 5.94. The summed E-state index contributed by atoms with van der Waals surface area (Å²) in [6.07, 6.45) is 0. The van der Waals surface area contributed by atoms with Crippen LogP contribution in [0.15, 0.2) is 12.2 Å².